The molecule has 2 aromatic rings. The lowest BCUT2D eigenvalue weighted by Gasteiger charge is -2.47. The van der Waals surface area contributed by atoms with E-state index in [1.54, 1.807) is 0 Å². The standard InChI is InChI=1S/C24H33N3/c1-8-27-23-13-17(2)19(14-22(23)18(3)15-24(27,4)5)16-25-20-9-11-21(12-10-20)26(6)7/h9-14,16,18H,8,15H2,1-7H3/t18-/m0/s1. The van der Waals surface area contributed by atoms with Crippen molar-refractivity contribution in [2.45, 2.75) is 52.5 Å². The Morgan fingerprint density at radius 1 is 1.19 bits per heavy atom. The molecule has 1 atom stereocenters. The summed E-state index contributed by atoms with van der Waals surface area (Å²) in [4.78, 5) is 9.37. The van der Waals surface area contributed by atoms with Gasteiger partial charge in [0, 0.05) is 43.8 Å². The van der Waals surface area contributed by atoms with Gasteiger partial charge >= 0.3 is 0 Å². The third kappa shape index (κ3) is 3.87. The first-order valence-corrected chi connectivity index (χ1v) is 9.96. The van der Waals surface area contributed by atoms with Gasteiger partial charge in [0.15, 0.2) is 0 Å². The lowest BCUT2D eigenvalue weighted by atomic mass is 9.79. The smallest absolute Gasteiger partial charge is 0.0631 e. The molecule has 0 amide bonds. The van der Waals surface area contributed by atoms with Gasteiger partial charge in [0.25, 0.3) is 0 Å². The lowest BCUT2D eigenvalue weighted by molar-refractivity contribution is 0.381. The minimum Gasteiger partial charge on any atom is -0.378 e. The summed E-state index contributed by atoms with van der Waals surface area (Å²) in [6, 6.07) is 13.1. The third-order valence-corrected chi connectivity index (χ3v) is 5.81. The Balaban J connectivity index is 1.93. The first-order chi connectivity index (χ1) is 12.7. The minimum atomic E-state index is 0.206. The van der Waals surface area contributed by atoms with E-state index in [2.05, 4.69) is 94.9 Å². The SMILES string of the molecule is CCN1c2cc(C)c(C=Nc3ccc(N(C)C)cc3)cc2[C@@H](C)CC1(C)C. The summed E-state index contributed by atoms with van der Waals surface area (Å²) in [6.07, 6.45) is 3.20. The van der Waals surface area contributed by atoms with Crippen LogP contribution in [-0.4, -0.2) is 32.4 Å². The molecule has 0 saturated carbocycles. The van der Waals surface area contributed by atoms with E-state index in [-0.39, 0.29) is 5.54 Å². The molecule has 1 heterocycles. The molecule has 0 unspecified atom stereocenters. The first-order valence-electron chi connectivity index (χ1n) is 9.96. The second kappa shape index (κ2) is 7.38. The van der Waals surface area contributed by atoms with Crippen LogP contribution in [0.5, 0.6) is 0 Å². The Hall–Kier alpha value is -2.29. The quantitative estimate of drug-likeness (QED) is 0.628. The van der Waals surface area contributed by atoms with E-state index in [0.29, 0.717) is 5.92 Å². The fraction of sp³-hybridized carbons (Fsp3) is 0.458. The van der Waals surface area contributed by atoms with Crippen molar-refractivity contribution >= 4 is 23.3 Å². The fourth-order valence-electron chi connectivity index (χ4n) is 4.37. The van der Waals surface area contributed by atoms with Crippen LogP contribution < -0.4 is 9.80 Å². The van der Waals surface area contributed by atoms with Gasteiger partial charge in [-0.1, -0.05) is 6.92 Å². The highest BCUT2D eigenvalue weighted by Gasteiger charge is 2.35. The molecule has 0 bridgehead atoms. The Morgan fingerprint density at radius 3 is 2.44 bits per heavy atom. The summed E-state index contributed by atoms with van der Waals surface area (Å²) in [5, 5.41) is 0. The topological polar surface area (TPSA) is 18.8 Å². The first kappa shape index (κ1) is 19.5. The van der Waals surface area contributed by atoms with E-state index in [1.807, 2.05) is 6.21 Å². The van der Waals surface area contributed by atoms with Crippen LogP contribution in [0.25, 0.3) is 0 Å². The molecule has 2 aromatic carbocycles. The van der Waals surface area contributed by atoms with Gasteiger partial charge in [-0.2, -0.15) is 0 Å². The molecule has 0 fully saturated rings. The molecule has 27 heavy (non-hydrogen) atoms. The average Bonchev–Trinajstić information content (AvgIpc) is 2.60. The van der Waals surface area contributed by atoms with Gasteiger partial charge in [0.1, 0.15) is 0 Å². The second-order valence-corrected chi connectivity index (χ2v) is 8.60. The molecular weight excluding hydrogens is 330 g/mol. The number of fused-ring (bicyclic) bond motifs is 1. The number of nitrogens with zero attached hydrogens (tertiary/aromatic N) is 3. The molecule has 0 N–H and O–H groups in total. The molecule has 0 saturated heterocycles. The fourth-order valence-corrected chi connectivity index (χ4v) is 4.37. The number of hydrogen-bond donors (Lipinski definition) is 0. The van der Waals surface area contributed by atoms with Crippen molar-refractivity contribution in [3.05, 3.63) is 53.1 Å². The molecule has 144 valence electrons. The van der Waals surface area contributed by atoms with Crippen molar-refractivity contribution in [1.29, 1.82) is 0 Å². The number of aryl methyl sites for hydroxylation is 1. The zero-order chi connectivity index (χ0) is 19.8. The summed E-state index contributed by atoms with van der Waals surface area (Å²) in [5.74, 6) is 0.560. The Morgan fingerprint density at radius 2 is 1.85 bits per heavy atom. The zero-order valence-electron chi connectivity index (χ0n) is 17.9. The van der Waals surface area contributed by atoms with Gasteiger partial charge in [0.05, 0.1) is 5.69 Å². The largest absolute Gasteiger partial charge is 0.378 e. The Kier molecular flexibility index (Phi) is 5.32. The molecule has 3 nitrogen and oxygen atoms in total. The molecule has 1 aliphatic rings. The highest BCUT2D eigenvalue weighted by atomic mass is 15.2. The van der Waals surface area contributed by atoms with Crippen LogP contribution in [0.2, 0.25) is 0 Å². The monoisotopic (exact) mass is 363 g/mol. The summed E-state index contributed by atoms with van der Waals surface area (Å²) in [5.41, 5.74) is 7.73. The van der Waals surface area contributed by atoms with Crippen LogP contribution >= 0.6 is 0 Å². The van der Waals surface area contributed by atoms with Crippen molar-refractivity contribution in [1.82, 2.24) is 0 Å². The molecule has 0 aliphatic carbocycles. The van der Waals surface area contributed by atoms with Crippen LogP contribution in [-0.2, 0) is 0 Å². The van der Waals surface area contributed by atoms with E-state index < -0.39 is 0 Å². The summed E-state index contributed by atoms with van der Waals surface area (Å²) in [6.45, 7) is 12.6. The van der Waals surface area contributed by atoms with Crippen LogP contribution in [0.15, 0.2) is 41.4 Å². The maximum absolute atomic E-state index is 4.72. The molecule has 0 spiro atoms. The maximum atomic E-state index is 4.72. The summed E-state index contributed by atoms with van der Waals surface area (Å²) >= 11 is 0. The van der Waals surface area contributed by atoms with Gasteiger partial charge in [-0.05, 0) is 93.1 Å². The molecule has 3 heteroatoms. The van der Waals surface area contributed by atoms with Gasteiger partial charge in [-0.3, -0.25) is 4.99 Å². The molecule has 0 radical (unpaired) electrons. The number of aliphatic imine (C=N–C) groups is 1. The van der Waals surface area contributed by atoms with Crippen LogP contribution in [0.4, 0.5) is 17.1 Å². The number of hydrogen-bond acceptors (Lipinski definition) is 3. The highest BCUT2D eigenvalue weighted by molar-refractivity contribution is 5.86. The van der Waals surface area contributed by atoms with Crippen LogP contribution in [0.3, 0.4) is 0 Å². The van der Waals surface area contributed by atoms with Crippen molar-refractivity contribution in [2.24, 2.45) is 4.99 Å². The zero-order valence-corrected chi connectivity index (χ0v) is 17.9. The van der Waals surface area contributed by atoms with Crippen molar-refractivity contribution in [2.75, 3.05) is 30.4 Å². The normalized spacial score (nSPS) is 18.6. The molecule has 0 aromatic heterocycles. The van der Waals surface area contributed by atoms with E-state index in [1.165, 1.54) is 34.5 Å². The summed E-state index contributed by atoms with van der Waals surface area (Å²) < 4.78 is 0. The van der Waals surface area contributed by atoms with E-state index in [9.17, 15) is 0 Å². The molecule has 3 rings (SSSR count). The average molecular weight is 364 g/mol. The Bertz CT molecular complexity index is 831. The van der Waals surface area contributed by atoms with Crippen molar-refractivity contribution in [3.63, 3.8) is 0 Å². The maximum Gasteiger partial charge on any atom is 0.0631 e. The van der Waals surface area contributed by atoms with Gasteiger partial charge < -0.3 is 9.80 Å². The lowest BCUT2D eigenvalue weighted by Crippen LogP contribution is -2.48. The Labute approximate surface area is 164 Å². The number of rotatable bonds is 4. The van der Waals surface area contributed by atoms with Gasteiger partial charge in [0.2, 0.25) is 0 Å². The van der Waals surface area contributed by atoms with Crippen LogP contribution in [0, 0.1) is 6.92 Å². The second-order valence-electron chi connectivity index (χ2n) is 8.60. The minimum absolute atomic E-state index is 0.206. The number of anilines is 2. The van der Waals surface area contributed by atoms with Gasteiger partial charge in [-0.25, -0.2) is 0 Å². The predicted octanol–water partition coefficient (Wildman–Crippen LogP) is 5.92. The van der Waals surface area contributed by atoms with E-state index in [0.717, 1.165) is 12.2 Å². The van der Waals surface area contributed by atoms with E-state index >= 15 is 0 Å². The predicted molar refractivity (Wildman–Crippen MR) is 119 cm³/mol. The third-order valence-electron chi connectivity index (χ3n) is 5.81. The van der Waals surface area contributed by atoms with Crippen LogP contribution in [0.1, 0.15) is 56.7 Å². The van der Waals surface area contributed by atoms with Crippen molar-refractivity contribution < 1.29 is 0 Å². The molecule has 1 aliphatic heterocycles. The van der Waals surface area contributed by atoms with Crippen molar-refractivity contribution in [3.8, 4) is 0 Å². The number of benzene rings is 2. The highest BCUT2D eigenvalue weighted by Crippen LogP contribution is 2.44. The molecular formula is C24H33N3. The van der Waals surface area contributed by atoms with E-state index in [4.69, 9.17) is 4.99 Å². The summed E-state index contributed by atoms with van der Waals surface area (Å²) in [7, 11) is 4.10. The van der Waals surface area contributed by atoms with Gasteiger partial charge in [-0.15, -0.1) is 0 Å².